The van der Waals surface area contributed by atoms with Crippen LogP contribution in [0, 0.1) is 0 Å². The van der Waals surface area contributed by atoms with Gasteiger partial charge in [-0.25, -0.2) is 4.98 Å². The number of halogens is 3. The van der Waals surface area contributed by atoms with E-state index in [4.69, 9.17) is 11.6 Å². The second kappa shape index (κ2) is 7.99. The Morgan fingerprint density at radius 3 is 2.92 bits per heavy atom. The lowest BCUT2D eigenvalue weighted by Gasteiger charge is -2.11. The maximum Gasteiger partial charge on any atom is 0.387 e. The van der Waals surface area contributed by atoms with Crippen molar-refractivity contribution in [3.63, 3.8) is 0 Å². The first-order valence-corrected chi connectivity index (χ1v) is 9.22. The van der Waals surface area contributed by atoms with Gasteiger partial charge in [-0.1, -0.05) is 35.5 Å². The number of amides is 1. The third-order valence-corrected chi connectivity index (χ3v) is 5.45. The Morgan fingerprint density at radius 1 is 1.32 bits per heavy atom. The maximum absolute atomic E-state index is 12.4. The van der Waals surface area contributed by atoms with Crippen molar-refractivity contribution in [1.29, 1.82) is 0 Å². The number of hydrogen-bond acceptors (Lipinski definition) is 5. The van der Waals surface area contributed by atoms with Gasteiger partial charge in [0.05, 0.1) is 21.7 Å². The third-order valence-electron chi connectivity index (χ3n) is 3.03. The number of ether oxygens (including phenoxy) is 1. The van der Waals surface area contributed by atoms with E-state index in [0.29, 0.717) is 5.02 Å². The van der Waals surface area contributed by atoms with Crippen LogP contribution in [0.5, 0.6) is 5.75 Å². The van der Waals surface area contributed by atoms with Crippen LogP contribution in [0.1, 0.15) is 0 Å². The molecule has 2 aromatic carbocycles. The number of anilines is 1. The van der Waals surface area contributed by atoms with Crippen LogP contribution in [-0.2, 0) is 4.79 Å². The lowest BCUT2D eigenvalue weighted by Crippen LogP contribution is -2.15. The molecule has 0 aliphatic heterocycles. The molecule has 1 heterocycles. The standard InChI is InChI=1S/C16H11ClF2N2O2S2/c17-9-5-6-13-11(7-9)21-16(25-13)24-8-14(22)20-10-3-1-2-4-12(10)23-15(18)19/h1-7,15H,8H2,(H,20,22). The van der Waals surface area contributed by atoms with Gasteiger partial charge in [0.2, 0.25) is 5.91 Å². The van der Waals surface area contributed by atoms with Crippen molar-refractivity contribution in [2.75, 3.05) is 11.1 Å². The first-order chi connectivity index (χ1) is 12.0. The summed E-state index contributed by atoms with van der Waals surface area (Å²) in [6.45, 7) is -2.96. The van der Waals surface area contributed by atoms with E-state index in [1.54, 1.807) is 24.3 Å². The van der Waals surface area contributed by atoms with Gasteiger partial charge >= 0.3 is 6.61 Å². The van der Waals surface area contributed by atoms with Gasteiger partial charge in [0.25, 0.3) is 0 Å². The molecule has 130 valence electrons. The van der Waals surface area contributed by atoms with E-state index in [-0.39, 0.29) is 23.1 Å². The number of para-hydroxylation sites is 2. The lowest BCUT2D eigenvalue weighted by atomic mass is 10.3. The van der Waals surface area contributed by atoms with E-state index < -0.39 is 6.61 Å². The van der Waals surface area contributed by atoms with Gasteiger partial charge in [0.1, 0.15) is 5.75 Å². The predicted molar refractivity (Wildman–Crippen MR) is 97.1 cm³/mol. The Morgan fingerprint density at radius 2 is 2.12 bits per heavy atom. The van der Waals surface area contributed by atoms with Gasteiger partial charge in [-0.05, 0) is 30.3 Å². The molecule has 0 saturated carbocycles. The Balaban J connectivity index is 1.62. The van der Waals surface area contributed by atoms with E-state index in [0.717, 1.165) is 14.6 Å². The number of rotatable bonds is 6. The molecule has 3 aromatic rings. The van der Waals surface area contributed by atoms with Crippen LogP contribution in [0.4, 0.5) is 14.5 Å². The highest BCUT2D eigenvalue weighted by Gasteiger charge is 2.13. The zero-order valence-electron chi connectivity index (χ0n) is 12.5. The fraction of sp³-hybridized carbons (Fsp3) is 0.125. The highest BCUT2D eigenvalue weighted by molar-refractivity contribution is 8.01. The number of aromatic nitrogens is 1. The molecule has 0 aliphatic rings. The molecular formula is C16H11ClF2N2O2S2. The number of nitrogens with one attached hydrogen (secondary N) is 1. The number of alkyl halides is 2. The van der Waals surface area contributed by atoms with Gasteiger partial charge < -0.3 is 10.1 Å². The number of thiazole rings is 1. The van der Waals surface area contributed by atoms with Crippen LogP contribution in [0.25, 0.3) is 10.2 Å². The van der Waals surface area contributed by atoms with Gasteiger partial charge in [0, 0.05) is 5.02 Å². The molecule has 25 heavy (non-hydrogen) atoms. The highest BCUT2D eigenvalue weighted by atomic mass is 35.5. The smallest absolute Gasteiger partial charge is 0.387 e. The molecule has 1 N–H and O–H groups in total. The quantitative estimate of drug-likeness (QED) is 0.572. The average molecular weight is 401 g/mol. The molecule has 0 atom stereocenters. The van der Waals surface area contributed by atoms with Gasteiger partial charge in [-0.3, -0.25) is 4.79 Å². The van der Waals surface area contributed by atoms with Crippen molar-refractivity contribution in [3.05, 3.63) is 47.5 Å². The monoisotopic (exact) mass is 400 g/mol. The molecule has 0 aliphatic carbocycles. The number of carbonyl (C=O) groups excluding carboxylic acids is 1. The van der Waals surface area contributed by atoms with Crippen LogP contribution in [0.2, 0.25) is 5.02 Å². The lowest BCUT2D eigenvalue weighted by molar-refractivity contribution is -0.113. The number of nitrogens with zero attached hydrogens (tertiary/aromatic N) is 1. The highest BCUT2D eigenvalue weighted by Crippen LogP contribution is 2.31. The number of carbonyl (C=O) groups is 1. The van der Waals surface area contributed by atoms with Crippen molar-refractivity contribution >= 4 is 56.5 Å². The van der Waals surface area contributed by atoms with Crippen LogP contribution in [0.15, 0.2) is 46.8 Å². The van der Waals surface area contributed by atoms with E-state index >= 15 is 0 Å². The van der Waals surface area contributed by atoms with E-state index in [1.165, 1.54) is 35.2 Å². The fourth-order valence-electron chi connectivity index (χ4n) is 2.02. The summed E-state index contributed by atoms with van der Waals surface area (Å²) in [5, 5.41) is 3.17. The molecule has 0 saturated heterocycles. The molecule has 1 aromatic heterocycles. The first kappa shape index (κ1) is 17.9. The Kier molecular flexibility index (Phi) is 5.72. The minimum Gasteiger partial charge on any atom is -0.433 e. The van der Waals surface area contributed by atoms with E-state index in [2.05, 4.69) is 15.0 Å². The minimum atomic E-state index is -2.96. The molecular weight excluding hydrogens is 390 g/mol. The maximum atomic E-state index is 12.4. The summed E-state index contributed by atoms with van der Waals surface area (Å²) in [7, 11) is 0. The summed E-state index contributed by atoms with van der Waals surface area (Å²) in [4.78, 5) is 16.5. The largest absolute Gasteiger partial charge is 0.433 e. The summed E-state index contributed by atoms with van der Waals surface area (Å²) >= 11 is 8.64. The molecule has 4 nitrogen and oxygen atoms in total. The molecule has 0 fully saturated rings. The van der Waals surface area contributed by atoms with E-state index in [9.17, 15) is 13.6 Å². The SMILES string of the molecule is O=C(CSc1nc2cc(Cl)ccc2s1)Nc1ccccc1OC(F)F. The zero-order chi connectivity index (χ0) is 17.8. The van der Waals surface area contributed by atoms with Crippen LogP contribution in [0.3, 0.4) is 0 Å². The van der Waals surface area contributed by atoms with Crippen LogP contribution in [-0.4, -0.2) is 23.3 Å². The molecule has 1 amide bonds. The Bertz CT molecular complexity index is 905. The third kappa shape index (κ3) is 4.81. The molecule has 9 heteroatoms. The van der Waals surface area contributed by atoms with Crippen molar-refractivity contribution < 1.29 is 18.3 Å². The second-order valence-corrected chi connectivity index (χ2v) is 7.49. The number of benzene rings is 2. The van der Waals surface area contributed by atoms with Crippen molar-refractivity contribution in [1.82, 2.24) is 4.98 Å². The Labute approximate surface area is 155 Å². The topological polar surface area (TPSA) is 51.2 Å². The number of hydrogen-bond donors (Lipinski definition) is 1. The van der Waals surface area contributed by atoms with Crippen LogP contribution < -0.4 is 10.1 Å². The van der Waals surface area contributed by atoms with Crippen LogP contribution >= 0.6 is 34.7 Å². The summed E-state index contributed by atoms with van der Waals surface area (Å²) in [5.41, 5.74) is 0.973. The van der Waals surface area contributed by atoms with Crippen molar-refractivity contribution in [2.24, 2.45) is 0 Å². The summed E-state index contributed by atoms with van der Waals surface area (Å²) in [6.07, 6.45) is 0. The molecule has 3 rings (SSSR count). The minimum absolute atomic E-state index is 0.0783. The number of fused-ring (bicyclic) bond motifs is 1. The van der Waals surface area contributed by atoms with E-state index in [1.807, 2.05) is 6.07 Å². The van der Waals surface area contributed by atoms with Gasteiger partial charge in [0.15, 0.2) is 4.34 Å². The predicted octanol–water partition coefficient (Wildman–Crippen LogP) is 5.28. The normalized spacial score (nSPS) is 11.0. The molecule has 0 bridgehead atoms. The molecule has 0 spiro atoms. The zero-order valence-corrected chi connectivity index (χ0v) is 14.9. The molecule has 0 unspecified atom stereocenters. The summed E-state index contributed by atoms with van der Waals surface area (Å²) in [5.74, 6) is -0.325. The van der Waals surface area contributed by atoms with Gasteiger partial charge in [-0.15, -0.1) is 11.3 Å². The summed E-state index contributed by atoms with van der Waals surface area (Å²) < 4.78 is 30.8. The second-order valence-electron chi connectivity index (χ2n) is 4.80. The Hall–Kier alpha value is -1.90. The number of thioether (sulfide) groups is 1. The first-order valence-electron chi connectivity index (χ1n) is 7.04. The molecule has 0 radical (unpaired) electrons. The van der Waals surface area contributed by atoms with Crippen molar-refractivity contribution in [3.8, 4) is 5.75 Å². The summed E-state index contributed by atoms with van der Waals surface area (Å²) in [6, 6.07) is 11.5. The van der Waals surface area contributed by atoms with Crippen molar-refractivity contribution in [2.45, 2.75) is 11.0 Å². The van der Waals surface area contributed by atoms with Gasteiger partial charge in [-0.2, -0.15) is 8.78 Å². The average Bonchev–Trinajstić information content (AvgIpc) is 2.96. The fourth-order valence-corrected chi connectivity index (χ4v) is 4.04.